The highest BCUT2D eigenvalue weighted by Gasteiger charge is 2.34. The lowest BCUT2D eigenvalue weighted by Gasteiger charge is -2.13. The van der Waals surface area contributed by atoms with E-state index in [1.165, 1.54) is 0 Å². The Labute approximate surface area is 104 Å². The Balaban J connectivity index is 1.77. The Morgan fingerprint density at radius 2 is 2.06 bits per heavy atom. The predicted molar refractivity (Wildman–Crippen MR) is 60.3 cm³/mol. The van der Waals surface area contributed by atoms with Gasteiger partial charge in [0.2, 0.25) is 0 Å². The van der Waals surface area contributed by atoms with Crippen LogP contribution < -0.4 is 5.32 Å². The molecule has 0 bridgehead atoms. The zero-order chi connectivity index (χ0) is 13.0. The maximum atomic E-state index is 11.1. The third-order valence-corrected chi connectivity index (χ3v) is 2.49. The van der Waals surface area contributed by atoms with Gasteiger partial charge in [0.1, 0.15) is 6.04 Å². The topological polar surface area (TPSA) is 84.9 Å². The van der Waals surface area contributed by atoms with Gasteiger partial charge in [-0.3, -0.25) is 0 Å². The van der Waals surface area contributed by atoms with Gasteiger partial charge in [0, 0.05) is 6.42 Å². The van der Waals surface area contributed by atoms with E-state index in [0.29, 0.717) is 0 Å². The van der Waals surface area contributed by atoms with Gasteiger partial charge in [0.05, 0.1) is 6.61 Å². The molecule has 1 saturated heterocycles. The zero-order valence-corrected chi connectivity index (χ0v) is 9.54. The molecule has 1 fully saturated rings. The molecular weight excluding hydrogens is 238 g/mol. The van der Waals surface area contributed by atoms with Crippen molar-refractivity contribution in [3.8, 4) is 0 Å². The number of hydrogen-bond donors (Lipinski definition) is 2. The summed E-state index contributed by atoms with van der Waals surface area (Å²) in [7, 11) is 0. The monoisotopic (exact) mass is 251 g/mol. The van der Waals surface area contributed by atoms with Gasteiger partial charge in [0.25, 0.3) is 0 Å². The van der Waals surface area contributed by atoms with Gasteiger partial charge in [-0.05, 0) is 5.56 Å². The molecule has 1 amide bonds. The molecule has 0 aliphatic carbocycles. The SMILES string of the molecule is O=C1N[C@H](CC(O)OCc2ccccc2)C(=O)O1. The van der Waals surface area contributed by atoms with Crippen molar-refractivity contribution < 1.29 is 24.2 Å². The summed E-state index contributed by atoms with van der Waals surface area (Å²) in [5.74, 6) is -0.692. The van der Waals surface area contributed by atoms with Crippen LogP contribution in [-0.2, 0) is 20.9 Å². The zero-order valence-electron chi connectivity index (χ0n) is 9.54. The average molecular weight is 251 g/mol. The van der Waals surface area contributed by atoms with E-state index >= 15 is 0 Å². The molecule has 1 heterocycles. The van der Waals surface area contributed by atoms with Gasteiger partial charge in [-0.25, -0.2) is 9.59 Å². The molecule has 18 heavy (non-hydrogen) atoms. The minimum absolute atomic E-state index is 0.0304. The van der Waals surface area contributed by atoms with Gasteiger partial charge in [-0.15, -0.1) is 0 Å². The highest BCUT2D eigenvalue weighted by molar-refractivity contribution is 5.95. The average Bonchev–Trinajstić information content (AvgIpc) is 2.67. The number of benzene rings is 1. The Kier molecular flexibility index (Phi) is 3.91. The first-order chi connectivity index (χ1) is 8.65. The molecule has 0 spiro atoms. The Morgan fingerprint density at radius 3 is 2.67 bits per heavy atom. The molecule has 96 valence electrons. The number of hydrogen-bond acceptors (Lipinski definition) is 5. The van der Waals surface area contributed by atoms with Crippen LogP contribution in [0.4, 0.5) is 4.79 Å². The van der Waals surface area contributed by atoms with Crippen molar-refractivity contribution >= 4 is 12.1 Å². The number of ether oxygens (including phenoxy) is 2. The van der Waals surface area contributed by atoms with Crippen LogP contribution in [0, 0.1) is 0 Å². The third-order valence-electron chi connectivity index (χ3n) is 2.49. The van der Waals surface area contributed by atoms with E-state index in [4.69, 9.17) is 4.74 Å². The van der Waals surface area contributed by atoms with Crippen molar-refractivity contribution in [2.24, 2.45) is 0 Å². The van der Waals surface area contributed by atoms with E-state index in [2.05, 4.69) is 10.1 Å². The molecule has 1 unspecified atom stereocenters. The summed E-state index contributed by atoms with van der Waals surface area (Å²) < 4.78 is 9.45. The molecule has 6 heteroatoms. The molecule has 2 N–H and O–H groups in total. The van der Waals surface area contributed by atoms with Crippen LogP contribution in [0.1, 0.15) is 12.0 Å². The van der Waals surface area contributed by atoms with Crippen LogP contribution >= 0.6 is 0 Å². The van der Waals surface area contributed by atoms with E-state index in [1.807, 2.05) is 30.3 Å². The second kappa shape index (κ2) is 5.61. The van der Waals surface area contributed by atoms with Crippen LogP contribution in [-0.4, -0.2) is 29.5 Å². The van der Waals surface area contributed by atoms with E-state index in [-0.39, 0.29) is 13.0 Å². The van der Waals surface area contributed by atoms with Crippen molar-refractivity contribution in [1.82, 2.24) is 5.32 Å². The lowest BCUT2D eigenvalue weighted by atomic mass is 10.2. The number of aliphatic hydroxyl groups is 1. The number of cyclic esters (lactones) is 2. The van der Waals surface area contributed by atoms with Crippen molar-refractivity contribution in [3.63, 3.8) is 0 Å². The highest BCUT2D eigenvalue weighted by atomic mass is 16.6. The number of amides is 1. The third kappa shape index (κ3) is 3.28. The van der Waals surface area contributed by atoms with E-state index < -0.39 is 24.4 Å². The van der Waals surface area contributed by atoms with Crippen molar-refractivity contribution in [3.05, 3.63) is 35.9 Å². The van der Waals surface area contributed by atoms with Crippen molar-refractivity contribution in [2.75, 3.05) is 0 Å². The standard InChI is InChI=1S/C12H13NO5/c14-10(6-9-11(15)18-12(16)13-9)17-7-8-4-2-1-3-5-8/h1-5,9-10,14H,6-7H2,(H,13,16)/t9-,10?/m1/s1. The fraction of sp³-hybridized carbons (Fsp3) is 0.333. The normalized spacial score (nSPS) is 20.4. The van der Waals surface area contributed by atoms with Gasteiger partial charge in [-0.1, -0.05) is 30.3 Å². The van der Waals surface area contributed by atoms with Crippen molar-refractivity contribution in [2.45, 2.75) is 25.4 Å². The molecule has 0 aromatic heterocycles. The summed E-state index contributed by atoms with van der Waals surface area (Å²) in [6.07, 6.45) is -1.96. The first-order valence-corrected chi connectivity index (χ1v) is 5.51. The van der Waals surface area contributed by atoms with Crippen LogP contribution in [0.15, 0.2) is 30.3 Å². The molecular formula is C12H13NO5. The molecule has 1 aliphatic rings. The van der Waals surface area contributed by atoms with Gasteiger partial charge >= 0.3 is 12.1 Å². The second-order valence-electron chi connectivity index (χ2n) is 3.89. The summed E-state index contributed by atoms with van der Waals surface area (Å²) in [6.45, 7) is 0.234. The van der Waals surface area contributed by atoms with Gasteiger partial charge in [0.15, 0.2) is 6.29 Å². The predicted octanol–water partition coefficient (Wildman–Crippen LogP) is 0.547. The summed E-state index contributed by atoms with van der Waals surface area (Å²) in [6, 6.07) is 8.48. The Hall–Kier alpha value is -1.92. The van der Waals surface area contributed by atoms with E-state index in [9.17, 15) is 14.7 Å². The first-order valence-electron chi connectivity index (χ1n) is 5.51. The lowest BCUT2D eigenvalue weighted by Crippen LogP contribution is -2.33. The lowest BCUT2D eigenvalue weighted by molar-refractivity contribution is -0.142. The Morgan fingerprint density at radius 1 is 1.33 bits per heavy atom. The smallest absolute Gasteiger partial charge is 0.375 e. The molecule has 6 nitrogen and oxygen atoms in total. The molecule has 2 atom stereocenters. The molecule has 1 aromatic carbocycles. The second-order valence-corrected chi connectivity index (χ2v) is 3.89. The number of alkyl carbamates (subject to hydrolysis) is 1. The van der Waals surface area contributed by atoms with Crippen molar-refractivity contribution in [1.29, 1.82) is 0 Å². The summed E-state index contributed by atoms with van der Waals surface area (Å²) in [4.78, 5) is 21.9. The number of nitrogens with one attached hydrogen (secondary N) is 1. The summed E-state index contributed by atoms with van der Waals surface area (Å²) in [5.41, 5.74) is 0.912. The number of aliphatic hydroxyl groups excluding tert-OH is 1. The van der Waals surface area contributed by atoms with E-state index in [1.54, 1.807) is 0 Å². The molecule has 0 radical (unpaired) electrons. The fourth-order valence-electron chi connectivity index (χ4n) is 1.58. The number of rotatable bonds is 5. The minimum Gasteiger partial charge on any atom is -0.375 e. The fourth-order valence-corrected chi connectivity index (χ4v) is 1.58. The number of esters is 1. The Bertz CT molecular complexity index is 433. The highest BCUT2D eigenvalue weighted by Crippen LogP contribution is 2.10. The molecule has 0 saturated carbocycles. The quantitative estimate of drug-likeness (QED) is 0.453. The molecule has 1 aliphatic heterocycles. The number of carbonyl (C=O) groups excluding carboxylic acids is 2. The minimum atomic E-state index is -1.14. The van der Waals surface area contributed by atoms with Gasteiger partial charge < -0.3 is 19.9 Å². The summed E-state index contributed by atoms with van der Waals surface area (Å²) >= 11 is 0. The van der Waals surface area contributed by atoms with Crippen LogP contribution in [0.25, 0.3) is 0 Å². The van der Waals surface area contributed by atoms with Crippen LogP contribution in [0.3, 0.4) is 0 Å². The number of carbonyl (C=O) groups is 2. The first kappa shape index (κ1) is 12.5. The van der Waals surface area contributed by atoms with E-state index in [0.717, 1.165) is 5.56 Å². The summed E-state index contributed by atoms with van der Waals surface area (Å²) in [5, 5.41) is 11.9. The van der Waals surface area contributed by atoms with Crippen LogP contribution in [0.2, 0.25) is 0 Å². The molecule has 2 rings (SSSR count). The van der Waals surface area contributed by atoms with Gasteiger partial charge in [-0.2, -0.15) is 0 Å². The maximum absolute atomic E-state index is 11.1. The maximum Gasteiger partial charge on any atom is 0.415 e. The molecule has 1 aromatic rings. The largest absolute Gasteiger partial charge is 0.415 e. The van der Waals surface area contributed by atoms with Crippen LogP contribution in [0.5, 0.6) is 0 Å².